The van der Waals surface area contributed by atoms with Crippen molar-refractivity contribution in [3.63, 3.8) is 0 Å². The lowest BCUT2D eigenvalue weighted by atomic mass is 9.78. The zero-order valence-corrected chi connectivity index (χ0v) is 14.2. The molecule has 1 aliphatic heterocycles. The Morgan fingerprint density at radius 3 is 2.81 bits per heavy atom. The van der Waals surface area contributed by atoms with Gasteiger partial charge in [-0.3, -0.25) is 14.8 Å². The maximum atomic E-state index is 12.9. The molecule has 2 heterocycles. The summed E-state index contributed by atoms with van der Waals surface area (Å²) in [6.07, 6.45) is -1.29. The van der Waals surface area contributed by atoms with Crippen LogP contribution in [0.25, 0.3) is 11.0 Å². The van der Waals surface area contributed by atoms with E-state index in [1.165, 1.54) is 6.20 Å². The molecular formula is C17H20F3N5O. The maximum Gasteiger partial charge on any atom is 0.412 e. The first-order chi connectivity index (χ1) is 12.2. The first kappa shape index (κ1) is 18.5. The van der Waals surface area contributed by atoms with Crippen molar-refractivity contribution < 1.29 is 18.0 Å². The number of nitrogens with two attached hydrogens (primary N) is 1. The van der Waals surface area contributed by atoms with Crippen LogP contribution in [0.3, 0.4) is 0 Å². The van der Waals surface area contributed by atoms with Gasteiger partial charge in [0.15, 0.2) is 6.04 Å². The Hall–Kier alpha value is -2.26. The fourth-order valence-corrected chi connectivity index (χ4v) is 3.48. The van der Waals surface area contributed by atoms with Gasteiger partial charge in [0, 0.05) is 24.5 Å². The molecule has 1 saturated heterocycles. The molecule has 0 aliphatic carbocycles. The second-order valence-electron chi connectivity index (χ2n) is 6.76. The minimum Gasteiger partial charge on any atom is -0.344 e. The van der Waals surface area contributed by atoms with Gasteiger partial charge in [0.1, 0.15) is 0 Å². The first-order valence-corrected chi connectivity index (χ1v) is 8.28. The SMILES string of the molecule is C[C@@H]1CNC[C@](NC(=O)[C@H](N)C(F)(F)F)(c2cccc3nccnc23)C1. The minimum atomic E-state index is -4.81. The summed E-state index contributed by atoms with van der Waals surface area (Å²) in [5.74, 6) is -1.12. The molecule has 4 N–H and O–H groups in total. The van der Waals surface area contributed by atoms with Crippen LogP contribution in [0.15, 0.2) is 30.6 Å². The molecule has 2 aromatic rings. The highest BCUT2D eigenvalue weighted by Gasteiger charge is 2.46. The van der Waals surface area contributed by atoms with Gasteiger partial charge in [-0.05, 0) is 24.9 Å². The molecule has 0 bridgehead atoms. The van der Waals surface area contributed by atoms with Crippen LogP contribution in [0.2, 0.25) is 0 Å². The Labute approximate surface area is 148 Å². The van der Waals surface area contributed by atoms with Gasteiger partial charge in [-0.2, -0.15) is 13.2 Å². The summed E-state index contributed by atoms with van der Waals surface area (Å²) in [5, 5.41) is 5.75. The van der Waals surface area contributed by atoms with Crippen molar-refractivity contribution in [2.24, 2.45) is 11.7 Å². The summed E-state index contributed by atoms with van der Waals surface area (Å²) >= 11 is 0. The lowest BCUT2D eigenvalue weighted by molar-refractivity contribution is -0.164. The number of hydrogen-bond acceptors (Lipinski definition) is 5. The quantitative estimate of drug-likeness (QED) is 0.764. The zero-order valence-electron chi connectivity index (χ0n) is 14.2. The number of carbonyl (C=O) groups is 1. The largest absolute Gasteiger partial charge is 0.412 e. The normalized spacial score (nSPS) is 25.0. The van der Waals surface area contributed by atoms with Gasteiger partial charge in [0.25, 0.3) is 0 Å². The number of rotatable bonds is 3. The molecule has 6 nitrogen and oxygen atoms in total. The molecule has 3 atom stereocenters. The Morgan fingerprint density at radius 2 is 2.12 bits per heavy atom. The smallest absolute Gasteiger partial charge is 0.344 e. The molecule has 9 heteroatoms. The van der Waals surface area contributed by atoms with E-state index >= 15 is 0 Å². The lowest BCUT2D eigenvalue weighted by Crippen LogP contribution is -2.62. The molecule has 0 saturated carbocycles. The highest BCUT2D eigenvalue weighted by molar-refractivity contribution is 5.85. The molecule has 0 radical (unpaired) electrons. The number of hydrogen-bond donors (Lipinski definition) is 3. The van der Waals surface area contributed by atoms with Crippen LogP contribution in [0.1, 0.15) is 18.9 Å². The van der Waals surface area contributed by atoms with Crippen molar-refractivity contribution in [1.29, 1.82) is 0 Å². The van der Waals surface area contributed by atoms with E-state index in [1.54, 1.807) is 24.4 Å². The summed E-state index contributed by atoms with van der Waals surface area (Å²) in [4.78, 5) is 20.8. The molecule has 1 fully saturated rings. The standard InChI is InChI=1S/C17H20F3N5O/c1-10-7-16(9-22-8-10,25-15(26)14(21)17(18,19)20)11-3-2-4-12-13(11)24-6-5-23-12/h2-6,10,14,22H,7-9,21H2,1H3,(H,25,26)/t10-,14-,16-/m0/s1. The van der Waals surface area contributed by atoms with E-state index in [0.717, 1.165) is 0 Å². The second kappa shape index (κ2) is 6.81. The predicted molar refractivity (Wildman–Crippen MR) is 90.0 cm³/mol. The van der Waals surface area contributed by atoms with E-state index in [-0.39, 0.29) is 12.5 Å². The molecule has 1 aromatic heterocycles. The van der Waals surface area contributed by atoms with Crippen molar-refractivity contribution in [3.8, 4) is 0 Å². The van der Waals surface area contributed by atoms with Gasteiger partial charge < -0.3 is 16.4 Å². The topological polar surface area (TPSA) is 92.9 Å². The monoisotopic (exact) mass is 367 g/mol. The zero-order chi connectivity index (χ0) is 18.9. The Bertz CT molecular complexity index is 807. The van der Waals surface area contributed by atoms with E-state index < -0.39 is 23.7 Å². The molecule has 3 rings (SSSR count). The Morgan fingerprint density at radius 1 is 1.38 bits per heavy atom. The summed E-state index contributed by atoms with van der Waals surface area (Å²) in [5.41, 5.74) is 5.85. The van der Waals surface area contributed by atoms with Crippen molar-refractivity contribution >= 4 is 16.9 Å². The van der Waals surface area contributed by atoms with Gasteiger partial charge >= 0.3 is 6.18 Å². The molecule has 0 unspecified atom stereocenters. The molecule has 1 aliphatic rings. The van der Waals surface area contributed by atoms with Crippen LogP contribution >= 0.6 is 0 Å². The van der Waals surface area contributed by atoms with Crippen LogP contribution in [0.4, 0.5) is 13.2 Å². The molecule has 1 amide bonds. The minimum absolute atomic E-state index is 0.137. The predicted octanol–water partition coefficient (Wildman–Crippen LogP) is 1.46. The van der Waals surface area contributed by atoms with Crippen molar-refractivity contribution in [2.75, 3.05) is 13.1 Å². The van der Waals surface area contributed by atoms with Gasteiger partial charge in [-0.25, -0.2) is 0 Å². The number of halogens is 3. The van der Waals surface area contributed by atoms with E-state index in [1.807, 2.05) is 6.92 Å². The third-order valence-electron chi connectivity index (χ3n) is 4.63. The molecule has 26 heavy (non-hydrogen) atoms. The summed E-state index contributed by atoms with van der Waals surface area (Å²) in [6, 6.07) is 2.69. The number of benzene rings is 1. The van der Waals surface area contributed by atoms with Crippen molar-refractivity contribution in [3.05, 3.63) is 36.2 Å². The number of fused-ring (bicyclic) bond motifs is 1. The highest BCUT2D eigenvalue weighted by Crippen LogP contribution is 2.35. The average Bonchev–Trinajstić information content (AvgIpc) is 2.59. The highest BCUT2D eigenvalue weighted by atomic mass is 19.4. The van der Waals surface area contributed by atoms with Crippen LogP contribution in [-0.2, 0) is 10.3 Å². The average molecular weight is 367 g/mol. The molecule has 140 valence electrons. The third-order valence-corrected chi connectivity index (χ3v) is 4.63. The number of nitrogens with zero attached hydrogens (tertiary/aromatic N) is 2. The van der Waals surface area contributed by atoms with Gasteiger partial charge in [0.05, 0.1) is 16.6 Å². The van der Waals surface area contributed by atoms with Gasteiger partial charge in [-0.15, -0.1) is 0 Å². The summed E-state index contributed by atoms with van der Waals surface area (Å²) in [6.45, 7) is 2.95. The fourth-order valence-electron chi connectivity index (χ4n) is 3.48. The van der Waals surface area contributed by atoms with E-state index in [2.05, 4.69) is 20.6 Å². The second-order valence-corrected chi connectivity index (χ2v) is 6.76. The van der Waals surface area contributed by atoms with E-state index in [9.17, 15) is 18.0 Å². The third kappa shape index (κ3) is 3.49. The molecule has 0 spiro atoms. The Balaban J connectivity index is 2.06. The van der Waals surface area contributed by atoms with Crippen LogP contribution in [-0.4, -0.2) is 41.2 Å². The van der Waals surface area contributed by atoms with E-state index in [4.69, 9.17) is 5.73 Å². The summed E-state index contributed by atoms with van der Waals surface area (Å²) < 4.78 is 38.7. The van der Waals surface area contributed by atoms with Crippen molar-refractivity contribution in [2.45, 2.75) is 31.1 Å². The first-order valence-electron chi connectivity index (χ1n) is 8.28. The maximum absolute atomic E-state index is 12.9. The van der Waals surface area contributed by atoms with Crippen LogP contribution in [0.5, 0.6) is 0 Å². The molecular weight excluding hydrogens is 347 g/mol. The number of nitrogens with one attached hydrogen (secondary N) is 2. The van der Waals surface area contributed by atoms with Crippen molar-refractivity contribution in [1.82, 2.24) is 20.6 Å². The number of aromatic nitrogens is 2. The van der Waals surface area contributed by atoms with Gasteiger partial charge in [-0.1, -0.05) is 19.1 Å². The molecule has 1 aromatic carbocycles. The number of amides is 1. The number of piperidine rings is 1. The number of alkyl halides is 3. The van der Waals surface area contributed by atoms with Gasteiger partial charge in [0.2, 0.25) is 5.91 Å². The number of carbonyl (C=O) groups excluding carboxylic acids is 1. The lowest BCUT2D eigenvalue weighted by Gasteiger charge is -2.42. The van der Waals surface area contributed by atoms with Crippen LogP contribution < -0.4 is 16.4 Å². The van der Waals surface area contributed by atoms with E-state index in [0.29, 0.717) is 29.6 Å². The summed E-state index contributed by atoms with van der Waals surface area (Å²) in [7, 11) is 0. The number of para-hydroxylation sites is 1. The fraction of sp³-hybridized carbons (Fsp3) is 0.471. The Kier molecular flexibility index (Phi) is 4.85. The van der Waals surface area contributed by atoms with Crippen LogP contribution in [0, 0.1) is 5.92 Å².